The van der Waals surface area contributed by atoms with Gasteiger partial charge in [-0.25, -0.2) is 0 Å². The van der Waals surface area contributed by atoms with Gasteiger partial charge in [0, 0.05) is 18.2 Å². The van der Waals surface area contributed by atoms with Crippen molar-refractivity contribution in [1.82, 2.24) is 0 Å². The number of carboxylic acids is 1. The predicted octanol–water partition coefficient (Wildman–Crippen LogP) is 8.65. The second-order valence-corrected chi connectivity index (χ2v) is 13.7. The third-order valence-corrected chi connectivity index (χ3v) is 8.98. The van der Waals surface area contributed by atoms with Gasteiger partial charge in [-0.05, 0) is 37.0 Å². The minimum absolute atomic E-state index is 0.0481. The van der Waals surface area contributed by atoms with E-state index in [-0.39, 0.29) is 23.4 Å². The van der Waals surface area contributed by atoms with E-state index in [0.29, 0.717) is 6.16 Å². The molecule has 0 radical (unpaired) electrons. The molecule has 0 amide bonds. The molecule has 4 nitrogen and oxygen atoms in total. The molecule has 0 aromatic heterocycles. The Hall–Kier alpha value is -0.340. The standard InChI is InChI=1S/C26H53O4P/c1-6-7-8-9-12-15-18-24(19-16-13-10-11-14-17-20-25(27)28)31(29,30)22-23(2)21-26(3,4)5/h23-24H,6-22H2,1-5H3,(H,27,28)(H,29,30). The molecular formula is C26H53O4P. The van der Waals surface area contributed by atoms with Crippen molar-refractivity contribution < 1.29 is 19.4 Å². The molecule has 0 bridgehead atoms. The van der Waals surface area contributed by atoms with Crippen molar-refractivity contribution in [2.24, 2.45) is 11.3 Å². The van der Waals surface area contributed by atoms with Crippen molar-refractivity contribution in [2.75, 3.05) is 6.16 Å². The second-order valence-electron chi connectivity index (χ2n) is 11.1. The molecule has 0 aromatic carbocycles. The fraction of sp³-hybridized carbons (Fsp3) is 0.962. The Morgan fingerprint density at radius 1 is 0.839 bits per heavy atom. The second kappa shape index (κ2) is 17.2. The molecule has 0 saturated heterocycles. The van der Waals surface area contributed by atoms with Crippen LogP contribution in [0.3, 0.4) is 0 Å². The van der Waals surface area contributed by atoms with Gasteiger partial charge in [0.25, 0.3) is 0 Å². The predicted molar refractivity (Wildman–Crippen MR) is 134 cm³/mol. The van der Waals surface area contributed by atoms with Crippen molar-refractivity contribution in [3.63, 3.8) is 0 Å². The van der Waals surface area contributed by atoms with E-state index in [2.05, 4.69) is 34.6 Å². The zero-order valence-electron chi connectivity index (χ0n) is 21.3. The number of carboxylic acid groups (broad SMARTS) is 1. The zero-order chi connectivity index (χ0) is 23.8. The maximum absolute atomic E-state index is 13.3. The van der Waals surface area contributed by atoms with Gasteiger partial charge in [-0.15, -0.1) is 0 Å². The summed E-state index contributed by atoms with van der Waals surface area (Å²) in [6.07, 6.45) is 16.7. The summed E-state index contributed by atoms with van der Waals surface area (Å²) in [6.45, 7) is 11.0. The minimum atomic E-state index is -3.15. The molecule has 2 N–H and O–H groups in total. The SMILES string of the molecule is CCCCCCCCC(CCCCCCCCC(=O)O)P(=O)(O)CC(C)CC(C)(C)C. The summed E-state index contributed by atoms with van der Waals surface area (Å²) >= 11 is 0. The smallest absolute Gasteiger partial charge is 0.303 e. The molecule has 0 fully saturated rings. The molecule has 0 aliphatic rings. The molecular weight excluding hydrogens is 407 g/mol. The van der Waals surface area contributed by atoms with E-state index in [4.69, 9.17) is 5.11 Å². The van der Waals surface area contributed by atoms with Crippen molar-refractivity contribution in [2.45, 2.75) is 143 Å². The summed E-state index contributed by atoms with van der Waals surface area (Å²) in [4.78, 5) is 21.6. The molecule has 0 aliphatic heterocycles. The fourth-order valence-electron chi connectivity index (χ4n) is 4.78. The Labute approximate surface area is 193 Å². The van der Waals surface area contributed by atoms with E-state index < -0.39 is 13.3 Å². The Morgan fingerprint density at radius 2 is 1.29 bits per heavy atom. The van der Waals surface area contributed by atoms with Gasteiger partial charge in [0.15, 0.2) is 0 Å². The van der Waals surface area contributed by atoms with Gasteiger partial charge in [-0.1, -0.05) is 105 Å². The van der Waals surface area contributed by atoms with E-state index in [0.717, 1.165) is 64.2 Å². The topological polar surface area (TPSA) is 74.6 Å². The third kappa shape index (κ3) is 18.9. The van der Waals surface area contributed by atoms with Gasteiger partial charge < -0.3 is 10.00 Å². The molecule has 31 heavy (non-hydrogen) atoms. The Bertz CT molecular complexity index is 498. The summed E-state index contributed by atoms with van der Waals surface area (Å²) in [5.41, 5.74) is 0.141. The lowest BCUT2D eigenvalue weighted by Crippen LogP contribution is -2.18. The summed E-state index contributed by atoms with van der Waals surface area (Å²) in [7, 11) is -3.15. The molecule has 0 aliphatic carbocycles. The summed E-state index contributed by atoms with van der Waals surface area (Å²) in [6, 6.07) is 0. The lowest BCUT2D eigenvalue weighted by molar-refractivity contribution is -0.137. The number of rotatable bonds is 20. The Balaban J connectivity index is 4.51. The van der Waals surface area contributed by atoms with Crippen LogP contribution in [0.2, 0.25) is 0 Å². The molecule has 0 spiro atoms. The van der Waals surface area contributed by atoms with Crippen molar-refractivity contribution in [3.8, 4) is 0 Å². The molecule has 0 heterocycles. The van der Waals surface area contributed by atoms with Crippen molar-refractivity contribution in [1.29, 1.82) is 0 Å². The van der Waals surface area contributed by atoms with Gasteiger partial charge >= 0.3 is 5.97 Å². The number of aliphatic carboxylic acids is 1. The highest BCUT2D eigenvalue weighted by Gasteiger charge is 2.32. The molecule has 0 aromatic rings. The van der Waals surface area contributed by atoms with Crippen LogP contribution in [0.25, 0.3) is 0 Å². The number of carbonyl (C=O) groups is 1. The third-order valence-electron chi connectivity index (χ3n) is 6.17. The molecule has 0 saturated carbocycles. The normalized spacial score (nSPS) is 16.1. The summed E-state index contributed by atoms with van der Waals surface area (Å²) < 4.78 is 13.3. The summed E-state index contributed by atoms with van der Waals surface area (Å²) in [5.74, 6) is -0.436. The highest BCUT2D eigenvalue weighted by atomic mass is 31.2. The van der Waals surface area contributed by atoms with Gasteiger partial charge in [-0.3, -0.25) is 9.36 Å². The van der Waals surface area contributed by atoms with E-state index >= 15 is 0 Å². The van der Waals surface area contributed by atoms with E-state index in [1.807, 2.05) is 0 Å². The minimum Gasteiger partial charge on any atom is -0.481 e. The fourth-order valence-corrected chi connectivity index (χ4v) is 7.27. The summed E-state index contributed by atoms with van der Waals surface area (Å²) in [5, 5.41) is 8.70. The first-order chi connectivity index (χ1) is 14.5. The molecule has 3 unspecified atom stereocenters. The van der Waals surface area contributed by atoms with Crippen LogP contribution in [0.1, 0.15) is 137 Å². The maximum Gasteiger partial charge on any atom is 0.303 e. The van der Waals surface area contributed by atoms with E-state index in [1.54, 1.807) is 0 Å². The molecule has 3 atom stereocenters. The number of unbranched alkanes of at least 4 members (excludes halogenated alkanes) is 10. The Morgan fingerprint density at radius 3 is 1.74 bits per heavy atom. The van der Waals surface area contributed by atoms with Crippen molar-refractivity contribution in [3.05, 3.63) is 0 Å². The highest BCUT2D eigenvalue weighted by molar-refractivity contribution is 7.58. The van der Waals surface area contributed by atoms with Crippen LogP contribution in [0.5, 0.6) is 0 Å². The monoisotopic (exact) mass is 460 g/mol. The van der Waals surface area contributed by atoms with Crippen LogP contribution in [-0.4, -0.2) is 27.8 Å². The zero-order valence-corrected chi connectivity index (χ0v) is 22.2. The van der Waals surface area contributed by atoms with Gasteiger partial charge in [0.1, 0.15) is 0 Å². The Kier molecular flexibility index (Phi) is 17.0. The lowest BCUT2D eigenvalue weighted by Gasteiger charge is -2.29. The van der Waals surface area contributed by atoms with Gasteiger partial charge in [-0.2, -0.15) is 0 Å². The van der Waals surface area contributed by atoms with Crippen molar-refractivity contribution >= 4 is 13.3 Å². The maximum atomic E-state index is 13.3. The van der Waals surface area contributed by atoms with Crippen LogP contribution < -0.4 is 0 Å². The lowest BCUT2D eigenvalue weighted by atomic mass is 9.86. The van der Waals surface area contributed by atoms with E-state index in [9.17, 15) is 14.3 Å². The van der Waals surface area contributed by atoms with Crippen LogP contribution in [0.15, 0.2) is 0 Å². The van der Waals surface area contributed by atoms with Crippen LogP contribution in [0, 0.1) is 11.3 Å². The van der Waals surface area contributed by atoms with Gasteiger partial charge in [0.05, 0.1) is 0 Å². The average Bonchev–Trinajstić information content (AvgIpc) is 2.62. The number of hydrogen-bond donors (Lipinski definition) is 2. The molecule has 0 rings (SSSR count). The van der Waals surface area contributed by atoms with Crippen LogP contribution >= 0.6 is 7.37 Å². The largest absolute Gasteiger partial charge is 0.481 e. The number of hydrogen-bond acceptors (Lipinski definition) is 2. The first-order valence-corrected chi connectivity index (χ1v) is 14.9. The highest BCUT2D eigenvalue weighted by Crippen LogP contribution is 2.52. The van der Waals surface area contributed by atoms with E-state index in [1.165, 1.54) is 32.1 Å². The molecule has 5 heteroatoms. The average molecular weight is 461 g/mol. The van der Waals surface area contributed by atoms with Gasteiger partial charge in [0.2, 0.25) is 7.37 Å². The molecule has 186 valence electrons. The quantitative estimate of drug-likeness (QED) is 0.141. The van der Waals surface area contributed by atoms with Crippen LogP contribution in [-0.2, 0) is 9.36 Å². The first kappa shape index (κ1) is 30.7. The first-order valence-electron chi connectivity index (χ1n) is 13.0. The van der Waals surface area contributed by atoms with Crippen LogP contribution in [0.4, 0.5) is 0 Å².